The van der Waals surface area contributed by atoms with Crippen molar-refractivity contribution < 1.29 is 9.53 Å². The van der Waals surface area contributed by atoms with Crippen LogP contribution in [0.3, 0.4) is 0 Å². The Hall–Kier alpha value is -3.14. The molecule has 0 aliphatic rings. The fraction of sp³-hybridized carbons (Fsp3) is 0.0526. The highest BCUT2D eigenvalue weighted by Crippen LogP contribution is 2.16. The first-order chi connectivity index (χ1) is 11.2. The first-order valence-electron chi connectivity index (χ1n) is 7.22. The molecule has 1 amide bonds. The lowest BCUT2D eigenvalue weighted by Crippen LogP contribution is -2.07. The maximum absolute atomic E-state index is 12.0. The summed E-state index contributed by atoms with van der Waals surface area (Å²) < 4.78 is 5.10. The van der Waals surface area contributed by atoms with E-state index in [1.807, 2.05) is 54.6 Å². The number of hydrogen-bond donors (Lipinski definition) is 1. The Balaban J connectivity index is 1.68. The van der Waals surface area contributed by atoms with Crippen LogP contribution in [0, 0.1) is 0 Å². The van der Waals surface area contributed by atoms with Crippen molar-refractivity contribution in [3.63, 3.8) is 0 Å². The fourth-order valence-corrected chi connectivity index (χ4v) is 2.21. The van der Waals surface area contributed by atoms with Gasteiger partial charge in [-0.25, -0.2) is 0 Å². The van der Waals surface area contributed by atoms with Crippen molar-refractivity contribution in [1.29, 1.82) is 0 Å². The summed E-state index contributed by atoms with van der Waals surface area (Å²) in [7, 11) is 1.62. The van der Waals surface area contributed by atoms with Crippen molar-refractivity contribution in [3.05, 3.63) is 72.4 Å². The second kappa shape index (κ2) is 6.75. The number of carbonyl (C=O) groups is 1. The molecule has 0 spiro atoms. The van der Waals surface area contributed by atoms with Crippen molar-refractivity contribution in [1.82, 2.24) is 4.98 Å². The third-order valence-corrected chi connectivity index (χ3v) is 3.40. The van der Waals surface area contributed by atoms with E-state index >= 15 is 0 Å². The summed E-state index contributed by atoms with van der Waals surface area (Å²) in [6, 6.07) is 17.2. The number of carbonyl (C=O) groups excluding carboxylic acids is 1. The van der Waals surface area contributed by atoms with Crippen LogP contribution >= 0.6 is 0 Å². The zero-order valence-corrected chi connectivity index (χ0v) is 12.7. The highest BCUT2D eigenvalue weighted by Gasteiger charge is 2.00. The smallest absolute Gasteiger partial charge is 0.248 e. The fourth-order valence-electron chi connectivity index (χ4n) is 2.21. The molecule has 3 rings (SSSR count). The minimum atomic E-state index is -0.196. The zero-order chi connectivity index (χ0) is 16.1. The van der Waals surface area contributed by atoms with Gasteiger partial charge in [0.15, 0.2) is 0 Å². The van der Waals surface area contributed by atoms with E-state index in [0.717, 1.165) is 22.2 Å². The minimum absolute atomic E-state index is 0.196. The number of hydrogen-bond acceptors (Lipinski definition) is 3. The number of nitrogens with one attached hydrogen (secondary N) is 1. The molecule has 0 unspecified atom stereocenters. The molecule has 1 heterocycles. The maximum atomic E-state index is 12.0. The third kappa shape index (κ3) is 3.74. The lowest BCUT2D eigenvalue weighted by atomic mass is 10.2. The van der Waals surface area contributed by atoms with E-state index in [1.54, 1.807) is 19.4 Å². The summed E-state index contributed by atoms with van der Waals surface area (Å²) in [5, 5.41) is 3.80. The summed E-state index contributed by atoms with van der Waals surface area (Å²) in [6.07, 6.45) is 4.90. The molecule has 1 N–H and O–H groups in total. The molecule has 23 heavy (non-hydrogen) atoms. The Morgan fingerprint density at radius 3 is 2.70 bits per heavy atom. The number of pyridine rings is 1. The van der Waals surface area contributed by atoms with E-state index in [4.69, 9.17) is 4.74 Å². The van der Waals surface area contributed by atoms with E-state index in [-0.39, 0.29) is 5.91 Å². The summed E-state index contributed by atoms with van der Waals surface area (Å²) in [5.41, 5.74) is 2.50. The Labute approximate surface area is 134 Å². The van der Waals surface area contributed by atoms with E-state index in [2.05, 4.69) is 10.3 Å². The Morgan fingerprint density at radius 2 is 1.91 bits per heavy atom. The molecule has 0 bridgehead atoms. The van der Waals surface area contributed by atoms with Gasteiger partial charge in [-0.3, -0.25) is 9.78 Å². The van der Waals surface area contributed by atoms with Gasteiger partial charge in [0.25, 0.3) is 0 Å². The average Bonchev–Trinajstić information content (AvgIpc) is 2.60. The van der Waals surface area contributed by atoms with Gasteiger partial charge in [-0.2, -0.15) is 0 Å². The summed E-state index contributed by atoms with van der Waals surface area (Å²) in [6.45, 7) is 0. The lowest BCUT2D eigenvalue weighted by Gasteiger charge is -2.03. The van der Waals surface area contributed by atoms with Crippen LogP contribution < -0.4 is 10.1 Å². The number of anilines is 1. The van der Waals surface area contributed by atoms with Crippen molar-refractivity contribution in [3.8, 4) is 5.75 Å². The van der Waals surface area contributed by atoms with Crippen molar-refractivity contribution in [2.75, 3.05) is 12.4 Å². The van der Waals surface area contributed by atoms with Crippen LogP contribution in [-0.4, -0.2) is 18.0 Å². The predicted octanol–water partition coefficient (Wildman–Crippen LogP) is 3.90. The highest BCUT2D eigenvalue weighted by molar-refractivity contribution is 6.02. The molecule has 114 valence electrons. The second-order valence-electron chi connectivity index (χ2n) is 5.01. The summed E-state index contributed by atoms with van der Waals surface area (Å²) in [5.74, 6) is 0.590. The van der Waals surface area contributed by atoms with Crippen molar-refractivity contribution >= 4 is 28.6 Å². The molecule has 0 aliphatic heterocycles. The van der Waals surface area contributed by atoms with Crippen LogP contribution in [0.5, 0.6) is 5.75 Å². The van der Waals surface area contributed by atoms with Crippen molar-refractivity contribution in [2.45, 2.75) is 0 Å². The molecule has 0 aliphatic carbocycles. The average molecular weight is 304 g/mol. The number of methoxy groups -OCH3 is 1. The summed E-state index contributed by atoms with van der Waals surface area (Å²) in [4.78, 5) is 16.3. The Morgan fingerprint density at radius 1 is 1.13 bits per heavy atom. The van der Waals surface area contributed by atoms with Gasteiger partial charge in [-0.05, 0) is 35.9 Å². The number of para-hydroxylation sites is 1. The molecule has 2 aromatic carbocycles. The normalized spacial score (nSPS) is 10.8. The number of aromatic nitrogens is 1. The van der Waals surface area contributed by atoms with Crippen molar-refractivity contribution in [2.24, 2.45) is 0 Å². The number of nitrogens with zero attached hydrogens (tertiary/aromatic N) is 1. The first-order valence-corrected chi connectivity index (χ1v) is 7.22. The van der Waals surface area contributed by atoms with Crippen LogP contribution in [0.4, 0.5) is 5.69 Å². The van der Waals surface area contributed by atoms with Crippen LogP contribution in [0.25, 0.3) is 17.0 Å². The molecule has 0 atom stereocenters. The van der Waals surface area contributed by atoms with Gasteiger partial charge in [-0.1, -0.05) is 30.3 Å². The number of amides is 1. The molecule has 1 aromatic heterocycles. The van der Waals surface area contributed by atoms with E-state index in [1.165, 1.54) is 6.08 Å². The molecule has 0 radical (unpaired) electrons. The monoisotopic (exact) mass is 304 g/mol. The maximum Gasteiger partial charge on any atom is 0.248 e. The number of rotatable bonds is 4. The van der Waals surface area contributed by atoms with Gasteiger partial charge in [0.2, 0.25) is 5.91 Å². The van der Waals surface area contributed by atoms with Crippen LogP contribution in [0.15, 0.2) is 66.9 Å². The van der Waals surface area contributed by atoms with Gasteiger partial charge < -0.3 is 10.1 Å². The largest absolute Gasteiger partial charge is 0.497 e. The first kappa shape index (κ1) is 14.8. The molecule has 4 nitrogen and oxygen atoms in total. The third-order valence-electron chi connectivity index (χ3n) is 3.40. The molecule has 0 saturated heterocycles. The number of benzene rings is 2. The molecular formula is C19H16N2O2. The minimum Gasteiger partial charge on any atom is -0.497 e. The van der Waals surface area contributed by atoms with E-state index < -0.39 is 0 Å². The predicted molar refractivity (Wildman–Crippen MR) is 92.4 cm³/mol. The quantitative estimate of drug-likeness (QED) is 0.744. The Bertz CT molecular complexity index is 855. The van der Waals surface area contributed by atoms with Gasteiger partial charge in [-0.15, -0.1) is 0 Å². The topological polar surface area (TPSA) is 51.2 Å². The SMILES string of the molecule is COc1ccc(C=CC(=O)Nc2cnc3ccccc3c2)cc1. The molecule has 4 heteroatoms. The molecular weight excluding hydrogens is 288 g/mol. The highest BCUT2D eigenvalue weighted by atomic mass is 16.5. The summed E-state index contributed by atoms with van der Waals surface area (Å²) >= 11 is 0. The van der Waals surface area contributed by atoms with Gasteiger partial charge in [0, 0.05) is 11.5 Å². The second-order valence-corrected chi connectivity index (χ2v) is 5.01. The van der Waals surface area contributed by atoms with Crippen LogP contribution in [0.1, 0.15) is 5.56 Å². The van der Waals surface area contributed by atoms with Crippen LogP contribution in [0.2, 0.25) is 0 Å². The Kier molecular flexibility index (Phi) is 4.34. The van der Waals surface area contributed by atoms with Gasteiger partial charge >= 0.3 is 0 Å². The molecule has 3 aromatic rings. The molecule has 0 saturated carbocycles. The molecule has 0 fully saturated rings. The van der Waals surface area contributed by atoms with E-state index in [0.29, 0.717) is 5.69 Å². The van der Waals surface area contributed by atoms with Gasteiger partial charge in [0.05, 0.1) is 24.5 Å². The number of fused-ring (bicyclic) bond motifs is 1. The number of ether oxygens (including phenoxy) is 1. The van der Waals surface area contributed by atoms with Gasteiger partial charge in [0.1, 0.15) is 5.75 Å². The zero-order valence-electron chi connectivity index (χ0n) is 12.7. The standard InChI is InChI=1S/C19H16N2O2/c1-23-17-9-6-14(7-10-17)8-11-19(22)21-16-12-15-4-2-3-5-18(15)20-13-16/h2-13H,1H3,(H,21,22). The van der Waals surface area contributed by atoms with E-state index in [9.17, 15) is 4.79 Å². The lowest BCUT2D eigenvalue weighted by molar-refractivity contribution is -0.111. The van der Waals surface area contributed by atoms with Crippen LogP contribution in [-0.2, 0) is 4.79 Å².